The lowest BCUT2D eigenvalue weighted by molar-refractivity contribution is -0.385. The zero-order chi connectivity index (χ0) is 18.7. The molecule has 1 aromatic heterocycles. The van der Waals surface area contributed by atoms with Crippen molar-refractivity contribution in [3.8, 4) is 0 Å². The highest BCUT2D eigenvalue weighted by Gasteiger charge is 2.20. The Morgan fingerprint density at radius 2 is 1.92 bits per heavy atom. The number of rotatable bonds is 6. The van der Waals surface area contributed by atoms with Gasteiger partial charge in [-0.3, -0.25) is 14.8 Å². The van der Waals surface area contributed by atoms with Gasteiger partial charge in [-0.15, -0.1) is 0 Å². The molecule has 0 aliphatic rings. The summed E-state index contributed by atoms with van der Waals surface area (Å²) in [5.41, 5.74) is 1.42. The van der Waals surface area contributed by atoms with Gasteiger partial charge in [0.1, 0.15) is 12.7 Å². The van der Waals surface area contributed by atoms with Crippen molar-refractivity contribution in [2.75, 3.05) is 4.72 Å². The molecular formula is C16H15N5O4S. The van der Waals surface area contributed by atoms with Gasteiger partial charge in [0.15, 0.2) is 0 Å². The highest BCUT2D eigenvalue weighted by molar-refractivity contribution is 7.92. The van der Waals surface area contributed by atoms with E-state index in [1.165, 1.54) is 18.5 Å². The van der Waals surface area contributed by atoms with Crippen LogP contribution in [-0.4, -0.2) is 28.1 Å². The maximum Gasteiger partial charge on any atom is 0.270 e. The van der Waals surface area contributed by atoms with Crippen molar-refractivity contribution in [2.24, 2.45) is 0 Å². The minimum absolute atomic E-state index is 0.126. The number of nitro benzene ring substituents is 1. The number of nitrogens with zero attached hydrogens (tertiary/aromatic N) is 4. The molecule has 0 fully saturated rings. The van der Waals surface area contributed by atoms with Crippen molar-refractivity contribution >= 4 is 21.4 Å². The van der Waals surface area contributed by atoms with E-state index in [0.717, 1.165) is 11.6 Å². The summed E-state index contributed by atoms with van der Waals surface area (Å²) in [6.45, 7) is 2.09. The smallest absolute Gasteiger partial charge is 0.270 e. The molecule has 0 saturated heterocycles. The predicted molar refractivity (Wildman–Crippen MR) is 94.2 cm³/mol. The van der Waals surface area contributed by atoms with E-state index in [-0.39, 0.29) is 10.6 Å². The third-order valence-corrected chi connectivity index (χ3v) is 5.21. The van der Waals surface area contributed by atoms with Crippen molar-refractivity contribution in [2.45, 2.75) is 18.4 Å². The number of hydrogen-bond acceptors (Lipinski definition) is 6. The first-order valence-corrected chi connectivity index (χ1v) is 9.03. The van der Waals surface area contributed by atoms with E-state index >= 15 is 0 Å². The molecule has 0 spiro atoms. The summed E-state index contributed by atoms with van der Waals surface area (Å²) in [6.07, 6.45) is 3.02. The number of anilines is 1. The Hall–Kier alpha value is -3.27. The van der Waals surface area contributed by atoms with Gasteiger partial charge in [-0.1, -0.05) is 18.2 Å². The average Bonchev–Trinajstić information content (AvgIpc) is 3.09. The summed E-state index contributed by atoms with van der Waals surface area (Å²) in [5.74, 6) is 0. The van der Waals surface area contributed by atoms with Crippen LogP contribution in [0.25, 0.3) is 0 Å². The number of non-ortho nitro benzene ring substituents is 1. The van der Waals surface area contributed by atoms with Crippen LogP contribution in [-0.2, 0) is 16.6 Å². The minimum atomic E-state index is -3.94. The molecule has 0 bridgehead atoms. The van der Waals surface area contributed by atoms with Gasteiger partial charge in [0.2, 0.25) is 0 Å². The molecule has 0 saturated carbocycles. The number of benzene rings is 2. The average molecular weight is 373 g/mol. The Labute approximate surface area is 149 Å². The van der Waals surface area contributed by atoms with Crippen molar-refractivity contribution in [1.29, 1.82) is 0 Å². The van der Waals surface area contributed by atoms with Crippen molar-refractivity contribution in [3.05, 3.63) is 76.4 Å². The molecule has 0 radical (unpaired) electrons. The van der Waals surface area contributed by atoms with Gasteiger partial charge >= 0.3 is 0 Å². The second-order valence-electron chi connectivity index (χ2n) is 5.60. The maximum atomic E-state index is 12.6. The van der Waals surface area contributed by atoms with Gasteiger partial charge in [0.05, 0.1) is 16.4 Å². The highest BCUT2D eigenvalue weighted by atomic mass is 32.2. The van der Waals surface area contributed by atoms with Crippen LogP contribution >= 0.6 is 0 Å². The Morgan fingerprint density at radius 1 is 1.19 bits per heavy atom. The summed E-state index contributed by atoms with van der Waals surface area (Å²) < 4.78 is 29.3. The number of sulfonamides is 1. The van der Waals surface area contributed by atoms with Crippen LogP contribution in [0.4, 0.5) is 11.4 Å². The lowest BCUT2D eigenvalue weighted by atomic mass is 10.2. The second kappa shape index (κ2) is 6.92. The lowest BCUT2D eigenvalue weighted by Crippen LogP contribution is -2.14. The molecule has 9 nitrogen and oxygen atoms in total. The van der Waals surface area contributed by atoms with Gasteiger partial charge in [-0.05, 0) is 30.2 Å². The van der Waals surface area contributed by atoms with Gasteiger partial charge in [-0.25, -0.2) is 18.1 Å². The normalized spacial score (nSPS) is 11.3. The topological polar surface area (TPSA) is 120 Å². The minimum Gasteiger partial charge on any atom is -0.280 e. The first-order valence-electron chi connectivity index (χ1n) is 7.54. The van der Waals surface area contributed by atoms with Gasteiger partial charge < -0.3 is 0 Å². The molecule has 0 atom stereocenters. The second-order valence-corrected chi connectivity index (χ2v) is 7.25. The quantitative estimate of drug-likeness (QED) is 0.523. The van der Waals surface area contributed by atoms with E-state index in [0.29, 0.717) is 17.8 Å². The molecule has 0 aliphatic carbocycles. The fourth-order valence-corrected chi connectivity index (χ4v) is 3.71. The largest absolute Gasteiger partial charge is 0.280 e. The molecule has 0 aliphatic heterocycles. The molecule has 0 amide bonds. The molecule has 26 heavy (non-hydrogen) atoms. The monoisotopic (exact) mass is 373 g/mol. The van der Waals surface area contributed by atoms with E-state index in [1.54, 1.807) is 42.2 Å². The van der Waals surface area contributed by atoms with Gasteiger partial charge in [-0.2, -0.15) is 5.10 Å². The van der Waals surface area contributed by atoms with Crippen LogP contribution in [0.3, 0.4) is 0 Å². The summed E-state index contributed by atoms with van der Waals surface area (Å²) in [5, 5.41) is 14.9. The van der Waals surface area contributed by atoms with Gasteiger partial charge in [0, 0.05) is 17.8 Å². The number of aromatic nitrogens is 3. The summed E-state index contributed by atoms with van der Waals surface area (Å²) in [4.78, 5) is 14.0. The number of nitro groups is 1. The predicted octanol–water partition coefficient (Wildman–Crippen LogP) is 2.34. The van der Waals surface area contributed by atoms with E-state index in [1.807, 2.05) is 0 Å². The molecule has 0 unspecified atom stereocenters. The molecule has 1 N–H and O–H groups in total. The Balaban J connectivity index is 1.81. The lowest BCUT2D eigenvalue weighted by Gasteiger charge is -2.11. The first-order chi connectivity index (χ1) is 12.3. The third-order valence-electron chi connectivity index (χ3n) is 3.69. The molecule has 10 heteroatoms. The Morgan fingerprint density at radius 3 is 2.54 bits per heavy atom. The van der Waals surface area contributed by atoms with Crippen LogP contribution < -0.4 is 4.72 Å². The van der Waals surface area contributed by atoms with Crippen molar-refractivity contribution in [1.82, 2.24) is 14.8 Å². The van der Waals surface area contributed by atoms with E-state index in [2.05, 4.69) is 14.8 Å². The highest BCUT2D eigenvalue weighted by Crippen LogP contribution is 2.24. The van der Waals surface area contributed by atoms with Gasteiger partial charge in [0.25, 0.3) is 15.7 Å². The van der Waals surface area contributed by atoms with Crippen molar-refractivity contribution < 1.29 is 13.3 Å². The number of nitrogens with one attached hydrogen (secondary N) is 1. The number of aryl methyl sites for hydroxylation is 1. The van der Waals surface area contributed by atoms with E-state index < -0.39 is 14.9 Å². The SMILES string of the molecule is Cc1ccc([N+](=O)[O-])cc1S(=O)(=O)Nc1ccc(Cn2cncn2)cc1. The van der Waals surface area contributed by atoms with Crippen LogP contribution in [0.15, 0.2) is 60.0 Å². The summed E-state index contributed by atoms with van der Waals surface area (Å²) in [6, 6.07) is 10.5. The summed E-state index contributed by atoms with van der Waals surface area (Å²) in [7, 11) is -3.94. The zero-order valence-corrected chi connectivity index (χ0v) is 14.5. The molecule has 3 aromatic rings. The maximum absolute atomic E-state index is 12.6. The molecule has 134 valence electrons. The molecular weight excluding hydrogens is 358 g/mol. The third kappa shape index (κ3) is 3.86. The zero-order valence-electron chi connectivity index (χ0n) is 13.7. The number of hydrogen-bond donors (Lipinski definition) is 1. The van der Waals surface area contributed by atoms with Crippen LogP contribution in [0.5, 0.6) is 0 Å². The van der Waals surface area contributed by atoms with Crippen LogP contribution in [0, 0.1) is 17.0 Å². The Bertz CT molecular complexity index is 1030. The Kier molecular flexibility index (Phi) is 4.67. The first kappa shape index (κ1) is 17.5. The van der Waals surface area contributed by atoms with E-state index in [9.17, 15) is 18.5 Å². The van der Waals surface area contributed by atoms with Crippen LogP contribution in [0.1, 0.15) is 11.1 Å². The van der Waals surface area contributed by atoms with Crippen molar-refractivity contribution in [3.63, 3.8) is 0 Å². The molecule has 1 heterocycles. The molecule has 3 rings (SSSR count). The fraction of sp³-hybridized carbons (Fsp3) is 0.125. The fourth-order valence-electron chi connectivity index (χ4n) is 2.38. The molecule has 2 aromatic carbocycles. The summed E-state index contributed by atoms with van der Waals surface area (Å²) >= 11 is 0. The standard InChI is InChI=1S/C16H15N5O4S/c1-12-2-7-15(21(22)23)8-16(12)26(24,25)19-14-5-3-13(4-6-14)9-20-11-17-10-18-20/h2-8,10-11,19H,9H2,1H3. The van der Waals surface area contributed by atoms with E-state index in [4.69, 9.17) is 0 Å². The van der Waals surface area contributed by atoms with Crippen LogP contribution in [0.2, 0.25) is 0 Å².